The van der Waals surface area contributed by atoms with Crippen LogP contribution < -0.4 is 4.72 Å². The highest BCUT2D eigenvalue weighted by molar-refractivity contribution is 7.89. The van der Waals surface area contributed by atoms with Crippen molar-refractivity contribution in [2.45, 2.75) is 44.0 Å². The van der Waals surface area contributed by atoms with E-state index in [-0.39, 0.29) is 24.2 Å². The number of sulfonamides is 1. The Kier molecular flexibility index (Phi) is 5.87. The van der Waals surface area contributed by atoms with E-state index in [1.54, 1.807) is 13.8 Å². The zero-order chi connectivity index (χ0) is 16.2. The summed E-state index contributed by atoms with van der Waals surface area (Å²) in [4.78, 5) is 23.0. The van der Waals surface area contributed by atoms with Crippen molar-refractivity contribution < 1.29 is 28.2 Å². The van der Waals surface area contributed by atoms with E-state index in [2.05, 4.69) is 4.72 Å². The molecule has 0 saturated heterocycles. The van der Waals surface area contributed by atoms with Crippen LogP contribution in [0.1, 0.15) is 29.0 Å². The summed E-state index contributed by atoms with van der Waals surface area (Å²) in [5.41, 5.74) is 0. The van der Waals surface area contributed by atoms with Crippen molar-refractivity contribution in [2.75, 3.05) is 0 Å². The minimum Gasteiger partial charge on any atom is -0.481 e. The van der Waals surface area contributed by atoms with E-state index in [0.29, 0.717) is 4.88 Å². The summed E-state index contributed by atoms with van der Waals surface area (Å²) in [6.45, 7) is 3.41. The highest BCUT2D eigenvalue weighted by atomic mass is 32.2. The van der Waals surface area contributed by atoms with Gasteiger partial charge in [0.05, 0.1) is 4.90 Å². The van der Waals surface area contributed by atoms with Gasteiger partial charge in [-0.25, -0.2) is 8.42 Å². The Hall–Kier alpha value is -1.45. The molecule has 1 rings (SSSR count). The van der Waals surface area contributed by atoms with Crippen LogP contribution in [-0.4, -0.2) is 36.6 Å². The Balaban J connectivity index is 2.85. The SMILES string of the molecule is Cc1cc(S(=O)(=O)N[C@H](CCCC(=O)O)C(=O)O)c(C)s1. The number of hydrogen-bond donors (Lipinski definition) is 3. The number of carbonyl (C=O) groups is 2. The van der Waals surface area contributed by atoms with Crippen molar-refractivity contribution in [1.82, 2.24) is 4.72 Å². The first-order valence-corrected chi connectivity index (χ1v) is 8.47. The second kappa shape index (κ2) is 7.01. The molecular formula is C12H17NO6S2. The van der Waals surface area contributed by atoms with Crippen LogP contribution >= 0.6 is 11.3 Å². The molecule has 0 fully saturated rings. The standard InChI is InChI=1S/C12H17NO6S2/c1-7-6-10(8(2)20-7)21(18,19)13-9(12(16)17)4-3-5-11(14)15/h6,9,13H,3-5H2,1-2H3,(H,14,15)(H,16,17)/t9-/m1/s1. The minimum atomic E-state index is -3.93. The molecule has 0 aliphatic carbocycles. The first-order chi connectivity index (χ1) is 9.63. The van der Waals surface area contributed by atoms with Crippen LogP contribution in [0.2, 0.25) is 0 Å². The molecule has 0 bridgehead atoms. The van der Waals surface area contributed by atoms with Gasteiger partial charge >= 0.3 is 11.9 Å². The van der Waals surface area contributed by atoms with Gasteiger partial charge in [0.25, 0.3) is 0 Å². The molecule has 0 aliphatic rings. The molecule has 0 radical (unpaired) electrons. The monoisotopic (exact) mass is 335 g/mol. The van der Waals surface area contributed by atoms with Gasteiger partial charge in [-0.2, -0.15) is 4.72 Å². The minimum absolute atomic E-state index is 0.0643. The molecule has 9 heteroatoms. The summed E-state index contributed by atoms with van der Waals surface area (Å²) in [7, 11) is -3.93. The second-order valence-electron chi connectivity index (χ2n) is 4.58. The Morgan fingerprint density at radius 3 is 2.38 bits per heavy atom. The lowest BCUT2D eigenvalue weighted by molar-refractivity contribution is -0.140. The van der Waals surface area contributed by atoms with Crippen LogP contribution in [0.3, 0.4) is 0 Å². The fourth-order valence-corrected chi connectivity index (χ4v) is 4.59. The predicted molar refractivity (Wildman–Crippen MR) is 77.0 cm³/mol. The van der Waals surface area contributed by atoms with Crippen LogP contribution in [-0.2, 0) is 19.6 Å². The van der Waals surface area contributed by atoms with E-state index in [0.717, 1.165) is 4.88 Å². The molecule has 0 spiro atoms. The maximum absolute atomic E-state index is 12.2. The number of hydrogen-bond acceptors (Lipinski definition) is 5. The van der Waals surface area contributed by atoms with Crippen LogP contribution in [0.25, 0.3) is 0 Å². The summed E-state index contributed by atoms with van der Waals surface area (Å²) >= 11 is 1.31. The first-order valence-electron chi connectivity index (χ1n) is 6.17. The molecule has 21 heavy (non-hydrogen) atoms. The molecule has 0 aromatic carbocycles. The number of aliphatic carboxylic acids is 2. The Morgan fingerprint density at radius 2 is 1.95 bits per heavy atom. The van der Waals surface area contributed by atoms with Crippen molar-refractivity contribution in [3.8, 4) is 0 Å². The number of carboxylic acid groups (broad SMARTS) is 2. The van der Waals surface area contributed by atoms with Gasteiger partial charge in [0, 0.05) is 16.2 Å². The van der Waals surface area contributed by atoms with E-state index in [4.69, 9.17) is 10.2 Å². The lowest BCUT2D eigenvalue weighted by Gasteiger charge is -2.14. The summed E-state index contributed by atoms with van der Waals surface area (Å²) < 4.78 is 26.5. The zero-order valence-corrected chi connectivity index (χ0v) is 13.3. The Bertz CT molecular complexity index is 634. The summed E-state index contributed by atoms with van der Waals surface area (Å²) in [5.74, 6) is -2.38. The number of carboxylic acids is 2. The smallest absolute Gasteiger partial charge is 0.321 e. The Labute approximate surface area is 126 Å². The molecule has 7 nitrogen and oxygen atoms in total. The summed E-state index contributed by atoms with van der Waals surface area (Å²) in [6, 6.07) is 0.146. The van der Waals surface area contributed by atoms with Crippen molar-refractivity contribution in [3.05, 3.63) is 15.8 Å². The van der Waals surface area contributed by atoms with Crippen LogP contribution in [0, 0.1) is 13.8 Å². The molecule has 0 amide bonds. The third kappa shape index (κ3) is 5.10. The predicted octanol–water partition coefficient (Wildman–Crippen LogP) is 1.35. The van der Waals surface area contributed by atoms with E-state index in [9.17, 15) is 18.0 Å². The summed E-state index contributed by atoms with van der Waals surface area (Å²) in [5, 5.41) is 17.6. The normalized spacial score (nSPS) is 13.0. The molecule has 1 aromatic heterocycles. The first kappa shape index (κ1) is 17.6. The largest absolute Gasteiger partial charge is 0.481 e. The number of thiophene rings is 1. The van der Waals surface area contributed by atoms with Crippen molar-refractivity contribution in [1.29, 1.82) is 0 Å². The van der Waals surface area contributed by atoms with Crippen LogP contribution in [0.5, 0.6) is 0 Å². The number of aryl methyl sites for hydroxylation is 2. The van der Waals surface area contributed by atoms with Gasteiger partial charge in [-0.15, -0.1) is 11.3 Å². The fraction of sp³-hybridized carbons (Fsp3) is 0.500. The van der Waals surface area contributed by atoms with Crippen LogP contribution in [0.15, 0.2) is 11.0 Å². The number of rotatable bonds is 8. The van der Waals surface area contributed by atoms with Crippen molar-refractivity contribution >= 4 is 33.3 Å². The molecule has 118 valence electrons. The quantitative estimate of drug-likeness (QED) is 0.659. The molecule has 1 aromatic rings. The molecular weight excluding hydrogens is 318 g/mol. The highest BCUT2D eigenvalue weighted by Crippen LogP contribution is 2.25. The molecule has 1 heterocycles. The van der Waals surface area contributed by atoms with E-state index >= 15 is 0 Å². The van der Waals surface area contributed by atoms with Gasteiger partial charge < -0.3 is 10.2 Å². The average molecular weight is 335 g/mol. The fourth-order valence-electron chi connectivity index (χ4n) is 1.82. The molecule has 0 saturated carbocycles. The van der Waals surface area contributed by atoms with Crippen LogP contribution in [0.4, 0.5) is 0 Å². The topological polar surface area (TPSA) is 121 Å². The third-order valence-corrected chi connectivity index (χ3v) is 5.46. The highest BCUT2D eigenvalue weighted by Gasteiger charge is 2.27. The van der Waals surface area contributed by atoms with E-state index in [1.165, 1.54) is 17.4 Å². The molecule has 1 atom stereocenters. The summed E-state index contributed by atoms with van der Waals surface area (Å²) in [6.07, 6.45) is -0.207. The van der Waals surface area contributed by atoms with Gasteiger partial charge in [-0.05, 0) is 32.8 Å². The number of nitrogens with one attached hydrogen (secondary N) is 1. The third-order valence-electron chi connectivity index (χ3n) is 2.76. The van der Waals surface area contributed by atoms with Gasteiger partial charge in [-0.1, -0.05) is 0 Å². The van der Waals surface area contributed by atoms with Gasteiger partial charge in [0.1, 0.15) is 6.04 Å². The lowest BCUT2D eigenvalue weighted by Crippen LogP contribution is -2.40. The molecule has 0 aliphatic heterocycles. The lowest BCUT2D eigenvalue weighted by atomic mass is 10.1. The van der Waals surface area contributed by atoms with Crippen molar-refractivity contribution in [2.24, 2.45) is 0 Å². The second-order valence-corrected chi connectivity index (χ2v) is 7.72. The van der Waals surface area contributed by atoms with Gasteiger partial charge in [0.2, 0.25) is 10.0 Å². The van der Waals surface area contributed by atoms with Gasteiger partial charge in [0.15, 0.2) is 0 Å². The Morgan fingerprint density at radius 1 is 1.33 bits per heavy atom. The maximum Gasteiger partial charge on any atom is 0.321 e. The van der Waals surface area contributed by atoms with E-state index < -0.39 is 28.0 Å². The van der Waals surface area contributed by atoms with E-state index in [1.807, 2.05) is 0 Å². The average Bonchev–Trinajstić information content (AvgIpc) is 2.67. The van der Waals surface area contributed by atoms with Gasteiger partial charge in [-0.3, -0.25) is 9.59 Å². The molecule has 3 N–H and O–H groups in total. The molecule has 0 unspecified atom stereocenters. The van der Waals surface area contributed by atoms with Crippen molar-refractivity contribution in [3.63, 3.8) is 0 Å². The maximum atomic E-state index is 12.2. The zero-order valence-electron chi connectivity index (χ0n) is 11.6.